The molecule has 0 saturated carbocycles. The van der Waals surface area contributed by atoms with Crippen LogP contribution in [-0.2, 0) is 6.42 Å². The van der Waals surface area contributed by atoms with Gasteiger partial charge in [-0.15, -0.1) is 0 Å². The molecule has 0 aliphatic carbocycles. The van der Waals surface area contributed by atoms with Gasteiger partial charge in [0.1, 0.15) is 5.82 Å². The normalized spacial score (nSPS) is 13.3. The molecule has 5 nitrogen and oxygen atoms in total. The van der Waals surface area contributed by atoms with Gasteiger partial charge in [-0.2, -0.15) is 5.26 Å². The Kier molecular flexibility index (Phi) is 3.46. The van der Waals surface area contributed by atoms with Crippen molar-refractivity contribution in [2.75, 3.05) is 13.2 Å². The van der Waals surface area contributed by atoms with Crippen LogP contribution in [0.5, 0.6) is 11.5 Å². The molecular formula is C15H13N3O2. The van der Waals surface area contributed by atoms with Crippen LogP contribution in [0, 0.1) is 11.3 Å². The first-order valence-electron chi connectivity index (χ1n) is 6.46. The Labute approximate surface area is 116 Å². The predicted molar refractivity (Wildman–Crippen MR) is 72.4 cm³/mol. The van der Waals surface area contributed by atoms with Crippen LogP contribution in [-0.4, -0.2) is 23.2 Å². The van der Waals surface area contributed by atoms with Crippen LogP contribution < -0.4 is 9.47 Å². The minimum Gasteiger partial charge on any atom is -0.490 e. The first kappa shape index (κ1) is 12.4. The SMILES string of the molecule is N#CCc1nccc(-c2ccc3c(c2)OCCCO3)n1. The highest BCUT2D eigenvalue weighted by Gasteiger charge is 2.12. The quantitative estimate of drug-likeness (QED) is 0.835. The van der Waals surface area contributed by atoms with Gasteiger partial charge in [0.25, 0.3) is 0 Å². The van der Waals surface area contributed by atoms with Crippen molar-refractivity contribution in [2.24, 2.45) is 0 Å². The molecular weight excluding hydrogens is 254 g/mol. The first-order valence-corrected chi connectivity index (χ1v) is 6.46. The smallest absolute Gasteiger partial charge is 0.161 e. The summed E-state index contributed by atoms with van der Waals surface area (Å²) >= 11 is 0. The van der Waals surface area contributed by atoms with E-state index >= 15 is 0 Å². The molecule has 2 heterocycles. The van der Waals surface area contributed by atoms with E-state index in [0.717, 1.165) is 29.2 Å². The highest BCUT2D eigenvalue weighted by molar-refractivity contribution is 5.63. The number of rotatable bonds is 2. The fourth-order valence-corrected chi connectivity index (χ4v) is 2.04. The Balaban J connectivity index is 1.96. The Hall–Kier alpha value is -2.61. The first-order chi connectivity index (χ1) is 9.86. The van der Waals surface area contributed by atoms with Gasteiger partial charge in [-0.25, -0.2) is 9.97 Å². The van der Waals surface area contributed by atoms with Crippen molar-refractivity contribution in [3.8, 4) is 28.8 Å². The molecule has 0 unspecified atom stereocenters. The molecule has 3 rings (SSSR count). The van der Waals surface area contributed by atoms with Crippen LogP contribution in [0.2, 0.25) is 0 Å². The lowest BCUT2D eigenvalue weighted by molar-refractivity contribution is 0.297. The van der Waals surface area contributed by atoms with E-state index in [9.17, 15) is 0 Å². The van der Waals surface area contributed by atoms with Crippen LogP contribution in [0.4, 0.5) is 0 Å². The molecule has 0 radical (unpaired) electrons. The second-order valence-electron chi connectivity index (χ2n) is 4.40. The third kappa shape index (κ3) is 2.54. The van der Waals surface area contributed by atoms with Crippen molar-refractivity contribution in [1.29, 1.82) is 5.26 Å². The molecule has 2 aromatic rings. The predicted octanol–water partition coefficient (Wildman–Crippen LogP) is 2.37. The van der Waals surface area contributed by atoms with E-state index in [2.05, 4.69) is 16.0 Å². The number of fused-ring (bicyclic) bond motifs is 1. The third-order valence-electron chi connectivity index (χ3n) is 2.99. The molecule has 0 saturated heterocycles. The van der Waals surface area contributed by atoms with Gasteiger partial charge in [0.05, 0.1) is 31.4 Å². The average Bonchev–Trinajstić information content (AvgIpc) is 2.72. The number of aromatic nitrogens is 2. The Morgan fingerprint density at radius 3 is 2.85 bits per heavy atom. The van der Waals surface area contributed by atoms with E-state index in [-0.39, 0.29) is 6.42 Å². The molecule has 0 atom stereocenters. The van der Waals surface area contributed by atoms with E-state index in [0.29, 0.717) is 19.0 Å². The van der Waals surface area contributed by atoms with Gasteiger partial charge in [0.2, 0.25) is 0 Å². The van der Waals surface area contributed by atoms with E-state index in [1.807, 2.05) is 24.3 Å². The minimum absolute atomic E-state index is 0.207. The molecule has 0 N–H and O–H groups in total. The molecule has 0 spiro atoms. The molecule has 100 valence electrons. The number of nitrogens with zero attached hydrogens (tertiary/aromatic N) is 3. The summed E-state index contributed by atoms with van der Waals surface area (Å²) in [5, 5.41) is 8.70. The van der Waals surface area contributed by atoms with Crippen molar-refractivity contribution < 1.29 is 9.47 Å². The maximum Gasteiger partial charge on any atom is 0.161 e. The molecule has 5 heteroatoms. The van der Waals surface area contributed by atoms with E-state index in [1.54, 1.807) is 6.20 Å². The maximum absolute atomic E-state index is 8.70. The highest BCUT2D eigenvalue weighted by atomic mass is 16.5. The van der Waals surface area contributed by atoms with Gasteiger partial charge in [-0.3, -0.25) is 0 Å². The molecule has 0 bridgehead atoms. The number of hydrogen-bond donors (Lipinski definition) is 0. The van der Waals surface area contributed by atoms with Crippen LogP contribution >= 0.6 is 0 Å². The monoisotopic (exact) mass is 267 g/mol. The number of benzene rings is 1. The Morgan fingerprint density at radius 2 is 2.00 bits per heavy atom. The lowest BCUT2D eigenvalue weighted by Gasteiger charge is -2.09. The number of ether oxygens (including phenoxy) is 2. The Morgan fingerprint density at radius 1 is 1.15 bits per heavy atom. The lowest BCUT2D eigenvalue weighted by Crippen LogP contribution is -1.97. The van der Waals surface area contributed by atoms with Crippen molar-refractivity contribution in [3.05, 3.63) is 36.3 Å². The van der Waals surface area contributed by atoms with E-state index in [1.165, 1.54) is 0 Å². The van der Waals surface area contributed by atoms with Crippen LogP contribution in [0.15, 0.2) is 30.5 Å². The van der Waals surface area contributed by atoms with Crippen molar-refractivity contribution >= 4 is 0 Å². The van der Waals surface area contributed by atoms with E-state index < -0.39 is 0 Å². The zero-order chi connectivity index (χ0) is 13.8. The summed E-state index contributed by atoms with van der Waals surface area (Å²) in [6.45, 7) is 1.33. The maximum atomic E-state index is 8.70. The summed E-state index contributed by atoms with van der Waals surface area (Å²) in [7, 11) is 0. The molecule has 20 heavy (non-hydrogen) atoms. The van der Waals surface area contributed by atoms with Crippen LogP contribution in [0.3, 0.4) is 0 Å². The number of nitriles is 1. The zero-order valence-electron chi connectivity index (χ0n) is 10.9. The van der Waals surface area contributed by atoms with Crippen LogP contribution in [0.25, 0.3) is 11.3 Å². The van der Waals surface area contributed by atoms with Gasteiger partial charge in [-0.05, 0) is 24.3 Å². The molecule has 0 amide bonds. The summed E-state index contributed by atoms with van der Waals surface area (Å²) in [5.74, 6) is 2.02. The van der Waals surface area contributed by atoms with Gasteiger partial charge in [-0.1, -0.05) is 0 Å². The number of hydrogen-bond acceptors (Lipinski definition) is 5. The summed E-state index contributed by atoms with van der Waals surface area (Å²) in [4.78, 5) is 8.44. The largest absolute Gasteiger partial charge is 0.490 e. The highest BCUT2D eigenvalue weighted by Crippen LogP contribution is 2.33. The molecule has 1 aliphatic rings. The van der Waals surface area contributed by atoms with E-state index in [4.69, 9.17) is 14.7 Å². The fraction of sp³-hybridized carbons (Fsp3) is 0.267. The fourth-order valence-electron chi connectivity index (χ4n) is 2.04. The zero-order valence-corrected chi connectivity index (χ0v) is 10.9. The topological polar surface area (TPSA) is 68.0 Å². The second-order valence-corrected chi connectivity index (χ2v) is 4.40. The molecule has 1 aliphatic heterocycles. The van der Waals surface area contributed by atoms with Gasteiger partial charge < -0.3 is 9.47 Å². The summed E-state index contributed by atoms with van der Waals surface area (Å²) < 4.78 is 11.3. The average molecular weight is 267 g/mol. The second kappa shape index (κ2) is 5.57. The summed E-state index contributed by atoms with van der Waals surface area (Å²) in [6.07, 6.45) is 2.75. The van der Waals surface area contributed by atoms with Crippen molar-refractivity contribution in [3.63, 3.8) is 0 Å². The van der Waals surface area contributed by atoms with Crippen molar-refractivity contribution in [1.82, 2.24) is 9.97 Å². The van der Waals surface area contributed by atoms with Gasteiger partial charge in [0, 0.05) is 18.2 Å². The third-order valence-corrected chi connectivity index (χ3v) is 2.99. The minimum atomic E-state index is 0.207. The lowest BCUT2D eigenvalue weighted by atomic mass is 10.1. The van der Waals surface area contributed by atoms with Crippen LogP contribution in [0.1, 0.15) is 12.2 Å². The Bertz CT molecular complexity index is 664. The van der Waals surface area contributed by atoms with Gasteiger partial charge in [0.15, 0.2) is 11.5 Å². The standard InChI is InChI=1S/C15H13N3O2/c16-6-4-15-17-7-5-12(18-15)11-2-3-13-14(10-11)20-9-1-8-19-13/h2-3,5,7,10H,1,4,8-9H2. The molecule has 0 fully saturated rings. The van der Waals surface area contributed by atoms with Gasteiger partial charge >= 0.3 is 0 Å². The summed E-state index contributed by atoms with van der Waals surface area (Å²) in [5.41, 5.74) is 1.71. The molecule has 1 aromatic heterocycles. The van der Waals surface area contributed by atoms with Crippen molar-refractivity contribution in [2.45, 2.75) is 12.8 Å². The summed E-state index contributed by atoms with van der Waals surface area (Å²) in [6, 6.07) is 9.61. The molecule has 1 aromatic carbocycles.